The highest BCUT2D eigenvalue weighted by molar-refractivity contribution is 7.83. The number of nitrogens with zero attached hydrogens (tertiary/aromatic N) is 1. The van der Waals surface area contributed by atoms with Crippen molar-refractivity contribution in [2.75, 3.05) is 11.6 Å². The molecular weight excluding hydrogens is 344 g/mol. The summed E-state index contributed by atoms with van der Waals surface area (Å²) in [6.07, 6.45) is 3.28. The number of carbonyl (C=O) groups excluding carboxylic acids is 1. The molecule has 0 radical (unpaired) electrons. The zero-order valence-corrected chi connectivity index (χ0v) is 14.5. The predicted molar refractivity (Wildman–Crippen MR) is 98.9 cm³/mol. The van der Waals surface area contributed by atoms with Crippen LogP contribution in [0, 0.1) is 0 Å². The first-order chi connectivity index (χ1) is 11.5. The summed E-state index contributed by atoms with van der Waals surface area (Å²) in [7, 11) is -1.01. The number of benzene rings is 2. The zero-order valence-electron chi connectivity index (χ0n) is 13.0. The van der Waals surface area contributed by atoms with E-state index in [4.69, 9.17) is 11.6 Å². The largest absolute Gasteiger partial charge is 0.322 e. The Bertz CT molecular complexity index is 938. The van der Waals surface area contributed by atoms with Gasteiger partial charge in [0.05, 0.1) is 11.1 Å². The second kappa shape index (κ2) is 7.11. The van der Waals surface area contributed by atoms with Gasteiger partial charge in [0.25, 0.3) is 5.91 Å². The number of carbonyl (C=O) groups is 1. The van der Waals surface area contributed by atoms with E-state index in [0.29, 0.717) is 27.5 Å². The molecule has 122 valence electrons. The summed E-state index contributed by atoms with van der Waals surface area (Å²) < 4.78 is 11.4. The van der Waals surface area contributed by atoms with Crippen molar-refractivity contribution in [2.45, 2.75) is 5.75 Å². The maximum atomic E-state index is 12.6. The number of para-hydroxylation sites is 1. The van der Waals surface area contributed by atoms with Crippen LogP contribution in [0.5, 0.6) is 0 Å². The lowest BCUT2D eigenvalue weighted by molar-refractivity contribution is 0.102. The lowest BCUT2D eigenvalue weighted by atomic mass is 10.1. The molecule has 1 aromatic heterocycles. The van der Waals surface area contributed by atoms with E-state index in [1.807, 2.05) is 24.3 Å². The van der Waals surface area contributed by atoms with E-state index < -0.39 is 10.8 Å². The Morgan fingerprint density at radius 3 is 2.79 bits per heavy atom. The maximum Gasteiger partial charge on any atom is 0.257 e. The van der Waals surface area contributed by atoms with E-state index in [1.54, 1.807) is 36.7 Å². The number of nitrogens with one attached hydrogen (secondary N) is 1. The molecule has 3 aromatic rings. The Morgan fingerprint density at radius 1 is 1.21 bits per heavy atom. The van der Waals surface area contributed by atoms with Gasteiger partial charge in [-0.25, -0.2) is 0 Å². The summed E-state index contributed by atoms with van der Waals surface area (Å²) in [4.78, 5) is 16.9. The molecule has 4 nitrogen and oxygen atoms in total. The molecule has 24 heavy (non-hydrogen) atoms. The Hall–Kier alpha value is -2.24. The SMILES string of the molecule is CS(=O)Cc1cc(NC(=O)c2cccc3cccnc23)ccc1Cl. The van der Waals surface area contributed by atoms with E-state index in [9.17, 15) is 9.00 Å². The molecule has 0 saturated carbocycles. The Labute approximate surface area is 147 Å². The Kier molecular flexibility index (Phi) is 4.92. The van der Waals surface area contributed by atoms with E-state index >= 15 is 0 Å². The number of rotatable bonds is 4. The minimum atomic E-state index is -1.01. The minimum absolute atomic E-state index is 0.245. The van der Waals surface area contributed by atoms with Crippen LogP contribution in [0.15, 0.2) is 54.7 Å². The van der Waals surface area contributed by atoms with Crippen LogP contribution in [-0.2, 0) is 16.6 Å². The standard InChI is InChI=1S/C18H15ClN2O2S/c1-24(23)11-13-10-14(7-8-16(13)19)21-18(22)15-6-2-4-12-5-3-9-20-17(12)15/h2-10H,11H2,1H3,(H,21,22). The topological polar surface area (TPSA) is 59.1 Å². The monoisotopic (exact) mass is 358 g/mol. The fourth-order valence-electron chi connectivity index (χ4n) is 2.47. The number of amides is 1. The van der Waals surface area contributed by atoms with Crippen molar-refractivity contribution in [1.29, 1.82) is 0 Å². The highest BCUT2D eigenvalue weighted by Gasteiger charge is 2.12. The van der Waals surface area contributed by atoms with Gasteiger partial charge in [0.1, 0.15) is 0 Å². The third-order valence-corrected chi connectivity index (χ3v) is 4.63. The van der Waals surface area contributed by atoms with E-state index in [-0.39, 0.29) is 5.91 Å². The fraction of sp³-hybridized carbons (Fsp3) is 0.111. The normalized spacial score (nSPS) is 12.1. The van der Waals surface area contributed by atoms with Crippen LogP contribution in [0.25, 0.3) is 10.9 Å². The van der Waals surface area contributed by atoms with Gasteiger partial charge in [-0.15, -0.1) is 0 Å². The average Bonchev–Trinajstić information content (AvgIpc) is 2.57. The third kappa shape index (κ3) is 3.63. The van der Waals surface area contributed by atoms with Gasteiger partial charge in [0, 0.05) is 45.1 Å². The first-order valence-electron chi connectivity index (χ1n) is 7.28. The quantitative estimate of drug-likeness (QED) is 0.766. The Balaban J connectivity index is 1.90. The molecule has 6 heteroatoms. The summed E-state index contributed by atoms with van der Waals surface area (Å²) in [5.41, 5.74) is 2.51. The second-order valence-corrected chi connectivity index (χ2v) is 7.20. The average molecular weight is 359 g/mol. The van der Waals surface area contributed by atoms with Gasteiger partial charge < -0.3 is 5.32 Å². The lowest BCUT2D eigenvalue weighted by Crippen LogP contribution is -2.13. The molecule has 1 N–H and O–H groups in total. The zero-order chi connectivity index (χ0) is 17.1. The third-order valence-electron chi connectivity index (χ3n) is 3.54. The molecule has 0 fully saturated rings. The van der Waals surface area contributed by atoms with Crippen LogP contribution in [0.3, 0.4) is 0 Å². The van der Waals surface area contributed by atoms with Crippen molar-refractivity contribution >= 4 is 44.9 Å². The van der Waals surface area contributed by atoms with Gasteiger partial charge in [0.15, 0.2) is 0 Å². The van der Waals surface area contributed by atoms with Crippen molar-refractivity contribution in [3.63, 3.8) is 0 Å². The predicted octanol–water partition coefficient (Wildman–Crippen LogP) is 4.02. The minimum Gasteiger partial charge on any atom is -0.322 e. The summed E-state index contributed by atoms with van der Waals surface area (Å²) in [5, 5.41) is 4.30. The highest BCUT2D eigenvalue weighted by atomic mass is 35.5. The molecule has 0 aliphatic carbocycles. The van der Waals surface area contributed by atoms with Crippen LogP contribution in [-0.4, -0.2) is 21.4 Å². The molecule has 2 aromatic carbocycles. The van der Waals surface area contributed by atoms with Gasteiger partial charge in [-0.05, 0) is 35.9 Å². The van der Waals surface area contributed by atoms with Crippen LogP contribution >= 0.6 is 11.6 Å². The van der Waals surface area contributed by atoms with Crippen molar-refractivity contribution in [3.05, 3.63) is 70.9 Å². The first-order valence-corrected chi connectivity index (χ1v) is 9.38. The van der Waals surface area contributed by atoms with Gasteiger partial charge in [0.2, 0.25) is 0 Å². The molecule has 3 rings (SSSR count). The molecule has 1 unspecified atom stereocenters. The number of fused-ring (bicyclic) bond motifs is 1. The summed E-state index contributed by atoms with van der Waals surface area (Å²) >= 11 is 6.11. The van der Waals surface area contributed by atoms with Gasteiger partial charge in [-0.2, -0.15) is 0 Å². The Morgan fingerprint density at radius 2 is 2.00 bits per heavy atom. The number of hydrogen-bond donors (Lipinski definition) is 1. The van der Waals surface area contributed by atoms with E-state index in [1.165, 1.54) is 0 Å². The lowest BCUT2D eigenvalue weighted by Gasteiger charge is -2.10. The molecule has 0 bridgehead atoms. The van der Waals surface area contributed by atoms with Crippen molar-refractivity contribution < 1.29 is 9.00 Å². The molecule has 0 spiro atoms. The smallest absolute Gasteiger partial charge is 0.257 e. The van der Waals surface area contributed by atoms with Crippen molar-refractivity contribution in [2.24, 2.45) is 0 Å². The summed E-state index contributed by atoms with van der Waals surface area (Å²) in [6, 6.07) is 14.4. The van der Waals surface area contributed by atoms with Crippen LogP contribution < -0.4 is 5.32 Å². The molecule has 1 atom stereocenters. The van der Waals surface area contributed by atoms with Gasteiger partial charge >= 0.3 is 0 Å². The summed E-state index contributed by atoms with van der Waals surface area (Å²) in [6.45, 7) is 0. The van der Waals surface area contributed by atoms with Crippen LogP contribution in [0.4, 0.5) is 5.69 Å². The molecular formula is C18H15ClN2O2S. The van der Waals surface area contributed by atoms with Crippen molar-refractivity contribution in [3.8, 4) is 0 Å². The van der Waals surface area contributed by atoms with Gasteiger partial charge in [-0.1, -0.05) is 29.8 Å². The molecule has 0 saturated heterocycles. The fourth-order valence-corrected chi connectivity index (χ4v) is 3.41. The maximum absolute atomic E-state index is 12.6. The molecule has 0 aliphatic rings. The molecule has 0 aliphatic heterocycles. The number of hydrogen-bond acceptors (Lipinski definition) is 3. The second-order valence-electron chi connectivity index (χ2n) is 5.36. The first kappa shape index (κ1) is 16.6. The van der Waals surface area contributed by atoms with E-state index in [0.717, 1.165) is 10.9 Å². The van der Waals surface area contributed by atoms with E-state index in [2.05, 4.69) is 10.3 Å². The number of pyridine rings is 1. The number of anilines is 1. The van der Waals surface area contributed by atoms with Crippen LogP contribution in [0.1, 0.15) is 15.9 Å². The van der Waals surface area contributed by atoms with Crippen molar-refractivity contribution in [1.82, 2.24) is 4.98 Å². The van der Waals surface area contributed by atoms with Crippen LogP contribution in [0.2, 0.25) is 5.02 Å². The molecule has 1 amide bonds. The number of aromatic nitrogens is 1. The molecule has 1 heterocycles. The summed E-state index contributed by atoms with van der Waals surface area (Å²) in [5.74, 6) is 0.100. The number of halogens is 1. The highest BCUT2D eigenvalue weighted by Crippen LogP contribution is 2.23. The van der Waals surface area contributed by atoms with Gasteiger partial charge in [-0.3, -0.25) is 14.0 Å².